The van der Waals surface area contributed by atoms with Crippen LogP contribution >= 0.6 is 0 Å². The van der Waals surface area contributed by atoms with E-state index in [4.69, 9.17) is 13.7 Å². The zero-order valence-electron chi connectivity index (χ0n) is 19.7. The molecule has 9 nitrogen and oxygen atoms in total. The van der Waals surface area contributed by atoms with Crippen LogP contribution in [0.1, 0.15) is 41.7 Å². The number of benzene rings is 2. The van der Waals surface area contributed by atoms with Gasteiger partial charge < -0.3 is 13.7 Å². The molecule has 1 aliphatic heterocycles. The maximum atomic E-state index is 13.0. The molecule has 0 saturated heterocycles. The van der Waals surface area contributed by atoms with Crippen LogP contribution in [0.5, 0.6) is 0 Å². The number of nitrogens with zero attached hydrogens (tertiary/aromatic N) is 4. The standard InChI is InChI=1S/C27H24N4O5/c1-18-9-11-19(12-10-18)21-16-22(23-8-5-15-34-23)31(29-21)25(32)17-35-26(33)14-13-24-28-27(30-36-24)20-6-3-2-4-7-20/h2-12,15,22H,13-14,16-17H2,1H3. The van der Waals surface area contributed by atoms with Gasteiger partial charge in [0.1, 0.15) is 11.8 Å². The number of rotatable bonds is 8. The van der Waals surface area contributed by atoms with Crippen molar-refractivity contribution in [3.8, 4) is 11.4 Å². The number of hydrogen-bond acceptors (Lipinski definition) is 8. The van der Waals surface area contributed by atoms with Crippen molar-refractivity contribution in [2.45, 2.75) is 32.2 Å². The van der Waals surface area contributed by atoms with Crippen LogP contribution in [0.4, 0.5) is 0 Å². The Morgan fingerprint density at radius 1 is 1.03 bits per heavy atom. The van der Waals surface area contributed by atoms with Crippen molar-refractivity contribution >= 4 is 17.6 Å². The summed E-state index contributed by atoms with van der Waals surface area (Å²) in [5.41, 5.74) is 3.65. The van der Waals surface area contributed by atoms with E-state index >= 15 is 0 Å². The minimum Gasteiger partial charge on any atom is -0.467 e. The van der Waals surface area contributed by atoms with Gasteiger partial charge in [0.2, 0.25) is 11.7 Å². The van der Waals surface area contributed by atoms with Gasteiger partial charge in [0.25, 0.3) is 5.91 Å². The van der Waals surface area contributed by atoms with Gasteiger partial charge in [0.15, 0.2) is 6.61 Å². The average Bonchev–Trinajstić information content (AvgIpc) is 3.67. The van der Waals surface area contributed by atoms with Crippen molar-refractivity contribution in [1.29, 1.82) is 0 Å². The van der Waals surface area contributed by atoms with E-state index in [2.05, 4.69) is 15.2 Å². The van der Waals surface area contributed by atoms with E-state index in [1.54, 1.807) is 18.4 Å². The minimum atomic E-state index is -0.542. The molecule has 0 spiro atoms. The second-order valence-electron chi connectivity index (χ2n) is 8.42. The molecule has 182 valence electrons. The van der Waals surface area contributed by atoms with Crippen molar-refractivity contribution in [3.63, 3.8) is 0 Å². The predicted molar refractivity (Wildman–Crippen MR) is 130 cm³/mol. The Kier molecular flexibility index (Phi) is 6.70. The van der Waals surface area contributed by atoms with Crippen molar-refractivity contribution < 1.29 is 23.3 Å². The SMILES string of the molecule is Cc1ccc(C2=NN(C(=O)COC(=O)CCc3nc(-c4ccccc4)no3)C(c3ccco3)C2)cc1. The summed E-state index contributed by atoms with van der Waals surface area (Å²) in [7, 11) is 0. The Bertz CT molecular complexity index is 1360. The highest BCUT2D eigenvalue weighted by atomic mass is 16.5. The van der Waals surface area contributed by atoms with Crippen LogP contribution in [-0.2, 0) is 20.7 Å². The second kappa shape index (κ2) is 10.4. The maximum absolute atomic E-state index is 13.0. The second-order valence-corrected chi connectivity index (χ2v) is 8.42. The van der Waals surface area contributed by atoms with E-state index in [1.807, 2.05) is 61.5 Å². The van der Waals surface area contributed by atoms with Crippen molar-refractivity contribution in [2.75, 3.05) is 6.61 Å². The Labute approximate surface area is 207 Å². The number of aryl methyl sites for hydroxylation is 2. The summed E-state index contributed by atoms with van der Waals surface area (Å²) in [6.45, 7) is 1.58. The van der Waals surface area contributed by atoms with Gasteiger partial charge in [0.05, 0.1) is 18.4 Å². The van der Waals surface area contributed by atoms with Gasteiger partial charge >= 0.3 is 5.97 Å². The molecule has 0 saturated carbocycles. The Balaban J connectivity index is 1.19. The molecule has 36 heavy (non-hydrogen) atoms. The Hall–Kier alpha value is -4.53. The zero-order valence-corrected chi connectivity index (χ0v) is 19.7. The highest BCUT2D eigenvalue weighted by Gasteiger charge is 2.35. The number of furan rings is 1. The van der Waals surface area contributed by atoms with Gasteiger partial charge in [-0.05, 0) is 24.6 Å². The summed E-state index contributed by atoms with van der Waals surface area (Å²) in [4.78, 5) is 29.6. The molecular weight excluding hydrogens is 460 g/mol. The van der Waals surface area contributed by atoms with Crippen LogP contribution in [0.2, 0.25) is 0 Å². The summed E-state index contributed by atoms with van der Waals surface area (Å²) in [5.74, 6) is 0.415. The molecule has 3 heterocycles. The first-order valence-electron chi connectivity index (χ1n) is 11.6. The van der Waals surface area contributed by atoms with Gasteiger partial charge in [-0.1, -0.05) is 65.3 Å². The van der Waals surface area contributed by atoms with Gasteiger partial charge in [-0.15, -0.1) is 0 Å². The number of aromatic nitrogens is 2. The van der Waals surface area contributed by atoms with E-state index in [1.165, 1.54) is 5.01 Å². The molecule has 1 unspecified atom stereocenters. The average molecular weight is 485 g/mol. The molecule has 0 fully saturated rings. The smallest absolute Gasteiger partial charge is 0.306 e. The fourth-order valence-corrected chi connectivity index (χ4v) is 3.91. The molecule has 0 aliphatic carbocycles. The molecular formula is C27H24N4O5. The quantitative estimate of drug-likeness (QED) is 0.339. The normalized spacial score (nSPS) is 15.1. The molecule has 1 aliphatic rings. The number of amides is 1. The summed E-state index contributed by atoms with van der Waals surface area (Å²) in [6, 6.07) is 20.5. The molecule has 5 rings (SSSR count). The Morgan fingerprint density at radius 3 is 2.58 bits per heavy atom. The first kappa shape index (κ1) is 23.2. The van der Waals surface area contributed by atoms with Crippen LogP contribution in [0.15, 0.2) is 87.0 Å². The molecule has 4 aromatic rings. The van der Waals surface area contributed by atoms with Crippen molar-refractivity contribution in [3.05, 3.63) is 95.8 Å². The largest absolute Gasteiger partial charge is 0.467 e. The molecule has 2 aromatic carbocycles. The Morgan fingerprint density at radius 2 is 1.83 bits per heavy atom. The van der Waals surface area contributed by atoms with E-state index in [-0.39, 0.29) is 12.8 Å². The van der Waals surface area contributed by atoms with E-state index in [0.29, 0.717) is 23.9 Å². The number of hydrogen-bond donors (Lipinski definition) is 0. The van der Waals surface area contributed by atoms with Crippen LogP contribution in [0, 0.1) is 6.92 Å². The molecule has 2 aromatic heterocycles. The number of carbonyl (C=O) groups excluding carboxylic acids is 2. The summed E-state index contributed by atoms with van der Waals surface area (Å²) in [6.07, 6.45) is 2.27. The van der Waals surface area contributed by atoms with Gasteiger partial charge in [-0.2, -0.15) is 10.1 Å². The van der Waals surface area contributed by atoms with Gasteiger partial charge in [-0.3, -0.25) is 9.59 Å². The number of ether oxygens (including phenoxy) is 1. The van der Waals surface area contributed by atoms with Crippen LogP contribution < -0.4 is 0 Å². The van der Waals surface area contributed by atoms with Gasteiger partial charge in [0, 0.05) is 18.4 Å². The van der Waals surface area contributed by atoms with Crippen LogP contribution in [0.3, 0.4) is 0 Å². The highest BCUT2D eigenvalue weighted by molar-refractivity contribution is 6.03. The zero-order chi connectivity index (χ0) is 24.9. The minimum absolute atomic E-state index is 0.00317. The lowest BCUT2D eigenvalue weighted by Crippen LogP contribution is -2.31. The number of carbonyl (C=O) groups is 2. The number of hydrazone groups is 1. The van der Waals surface area contributed by atoms with Crippen molar-refractivity contribution in [2.24, 2.45) is 5.10 Å². The molecule has 9 heteroatoms. The third kappa shape index (κ3) is 5.25. The monoisotopic (exact) mass is 484 g/mol. The maximum Gasteiger partial charge on any atom is 0.306 e. The first-order chi connectivity index (χ1) is 17.6. The molecule has 1 amide bonds. The van der Waals surface area contributed by atoms with E-state index in [9.17, 15) is 9.59 Å². The highest BCUT2D eigenvalue weighted by Crippen LogP contribution is 2.33. The van der Waals surface area contributed by atoms with E-state index in [0.717, 1.165) is 22.4 Å². The summed E-state index contributed by atoms with van der Waals surface area (Å²) in [5, 5.41) is 9.82. The van der Waals surface area contributed by atoms with Crippen LogP contribution in [-0.4, -0.2) is 39.3 Å². The number of esters is 1. The summed E-state index contributed by atoms with van der Waals surface area (Å²) < 4.78 is 16.0. The third-order valence-corrected chi connectivity index (χ3v) is 5.82. The predicted octanol–water partition coefficient (Wildman–Crippen LogP) is 4.49. The van der Waals surface area contributed by atoms with Gasteiger partial charge in [-0.25, -0.2) is 5.01 Å². The topological polar surface area (TPSA) is 111 Å². The molecule has 0 bridgehead atoms. The molecule has 1 atom stereocenters. The fourth-order valence-electron chi connectivity index (χ4n) is 3.91. The molecule has 0 radical (unpaired) electrons. The third-order valence-electron chi connectivity index (χ3n) is 5.82. The lowest BCUT2D eigenvalue weighted by Gasteiger charge is -2.19. The lowest BCUT2D eigenvalue weighted by molar-refractivity contribution is -0.153. The van der Waals surface area contributed by atoms with Crippen molar-refractivity contribution in [1.82, 2.24) is 15.1 Å². The fraction of sp³-hybridized carbons (Fsp3) is 0.222. The van der Waals surface area contributed by atoms with E-state index < -0.39 is 24.5 Å². The first-order valence-corrected chi connectivity index (χ1v) is 11.6. The lowest BCUT2D eigenvalue weighted by atomic mass is 10.0. The molecule has 0 N–H and O–H groups in total. The summed E-state index contributed by atoms with van der Waals surface area (Å²) >= 11 is 0. The van der Waals surface area contributed by atoms with Crippen LogP contribution in [0.25, 0.3) is 11.4 Å².